The van der Waals surface area contributed by atoms with E-state index in [0.29, 0.717) is 10.4 Å². The minimum absolute atomic E-state index is 0.327. The van der Waals surface area contributed by atoms with Gasteiger partial charge in [0.05, 0.1) is 0 Å². The third kappa shape index (κ3) is 3.92. The number of nitrogens with two attached hydrogens (primary N) is 1. The number of rotatable bonds is 5. The summed E-state index contributed by atoms with van der Waals surface area (Å²) in [5, 5.41) is 0. The monoisotopic (exact) mass is 355 g/mol. The molecular weight excluding hydrogens is 341 g/mol. The van der Waals surface area contributed by atoms with E-state index in [9.17, 15) is 14.0 Å². The van der Waals surface area contributed by atoms with Gasteiger partial charge in [0.25, 0.3) is 5.91 Å². The van der Waals surface area contributed by atoms with Gasteiger partial charge in [0, 0.05) is 10.4 Å². The molecule has 126 valence electrons. The summed E-state index contributed by atoms with van der Waals surface area (Å²) in [4.78, 5) is 25.1. The first kappa shape index (κ1) is 16.9. The zero-order chi connectivity index (χ0) is 17.8. The molecule has 1 unspecified atom stereocenters. The van der Waals surface area contributed by atoms with Crippen LogP contribution < -0.4 is 5.73 Å². The predicted molar refractivity (Wildman–Crippen MR) is 93.5 cm³/mol. The van der Waals surface area contributed by atoms with Crippen molar-refractivity contribution in [1.29, 1.82) is 0 Å². The van der Waals surface area contributed by atoms with Gasteiger partial charge in [-0.3, -0.25) is 4.79 Å². The summed E-state index contributed by atoms with van der Waals surface area (Å²) in [5.41, 5.74) is 6.66. The van der Waals surface area contributed by atoms with E-state index < -0.39 is 18.0 Å². The SMILES string of the molecule is NC(=O)C(OC(=O)c1ccc(-c2ccc(F)cc2)s1)c1ccccc1. The van der Waals surface area contributed by atoms with E-state index in [1.54, 1.807) is 54.6 Å². The average Bonchev–Trinajstić information content (AvgIpc) is 3.11. The number of halogens is 1. The Morgan fingerprint density at radius 1 is 0.960 bits per heavy atom. The maximum absolute atomic E-state index is 13.0. The van der Waals surface area contributed by atoms with Gasteiger partial charge < -0.3 is 10.5 Å². The maximum atomic E-state index is 13.0. The van der Waals surface area contributed by atoms with E-state index in [2.05, 4.69) is 0 Å². The van der Waals surface area contributed by atoms with Gasteiger partial charge in [-0.25, -0.2) is 9.18 Å². The number of hydrogen-bond donors (Lipinski definition) is 1. The van der Waals surface area contributed by atoms with Crippen LogP contribution in [0.3, 0.4) is 0 Å². The minimum atomic E-state index is -1.15. The first-order valence-electron chi connectivity index (χ1n) is 7.45. The Bertz CT molecular complexity index is 891. The second-order valence-corrected chi connectivity index (χ2v) is 6.35. The highest BCUT2D eigenvalue weighted by atomic mass is 32.1. The lowest BCUT2D eigenvalue weighted by Gasteiger charge is -2.14. The summed E-state index contributed by atoms with van der Waals surface area (Å²) in [7, 11) is 0. The molecule has 3 aromatic rings. The highest BCUT2D eigenvalue weighted by Crippen LogP contribution is 2.30. The van der Waals surface area contributed by atoms with Gasteiger partial charge in [0.2, 0.25) is 6.10 Å². The van der Waals surface area contributed by atoms with Crippen molar-refractivity contribution in [3.8, 4) is 10.4 Å². The molecule has 0 radical (unpaired) electrons. The Morgan fingerprint density at radius 3 is 2.28 bits per heavy atom. The highest BCUT2D eigenvalue weighted by molar-refractivity contribution is 7.17. The number of carbonyl (C=O) groups is 2. The second kappa shape index (κ2) is 7.27. The molecule has 1 amide bonds. The lowest BCUT2D eigenvalue weighted by Crippen LogP contribution is -2.26. The number of benzene rings is 2. The molecule has 0 saturated carbocycles. The predicted octanol–water partition coefficient (Wildman–Crippen LogP) is 3.94. The number of carbonyl (C=O) groups excluding carboxylic acids is 2. The standard InChI is InChI=1S/C19H14FNO3S/c20-14-8-6-12(7-9-14)15-10-11-16(25-15)19(23)24-17(18(21)22)13-4-2-1-3-5-13/h1-11,17H,(H2,21,22). The van der Waals surface area contributed by atoms with Gasteiger partial charge in [-0.15, -0.1) is 11.3 Å². The van der Waals surface area contributed by atoms with Gasteiger partial charge >= 0.3 is 5.97 Å². The molecule has 6 heteroatoms. The first-order valence-corrected chi connectivity index (χ1v) is 8.27. The summed E-state index contributed by atoms with van der Waals surface area (Å²) in [6.45, 7) is 0. The van der Waals surface area contributed by atoms with Gasteiger partial charge in [0.1, 0.15) is 10.7 Å². The van der Waals surface area contributed by atoms with Crippen molar-refractivity contribution in [3.05, 3.63) is 83.0 Å². The maximum Gasteiger partial charge on any atom is 0.349 e. The molecule has 0 saturated heterocycles. The molecule has 1 atom stereocenters. The van der Waals surface area contributed by atoms with Crippen LogP contribution >= 0.6 is 11.3 Å². The fourth-order valence-corrected chi connectivity index (χ4v) is 3.19. The lowest BCUT2D eigenvalue weighted by atomic mass is 10.1. The Kier molecular flexibility index (Phi) is 4.90. The number of ether oxygens (including phenoxy) is 1. The summed E-state index contributed by atoms with van der Waals surface area (Å²) in [6.07, 6.45) is -1.15. The van der Waals surface area contributed by atoms with Gasteiger partial charge in [-0.2, -0.15) is 0 Å². The molecule has 1 aromatic heterocycles. The fraction of sp³-hybridized carbons (Fsp3) is 0.0526. The molecule has 0 aliphatic heterocycles. The van der Waals surface area contributed by atoms with E-state index in [-0.39, 0.29) is 5.82 Å². The van der Waals surface area contributed by atoms with E-state index in [0.717, 1.165) is 10.4 Å². The summed E-state index contributed by atoms with van der Waals surface area (Å²) < 4.78 is 18.3. The Morgan fingerprint density at radius 2 is 1.64 bits per heavy atom. The molecule has 2 N–H and O–H groups in total. The normalized spacial score (nSPS) is 11.7. The zero-order valence-electron chi connectivity index (χ0n) is 13.0. The van der Waals surface area contributed by atoms with Gasteiger partial charge in [-0.1, -0.05) is 42.5 Å². The van der Waals surface area contributed by atoms with Crippen LogP contribution in [0.5, 0.6) is 0 Å². The second-order valence-electron chi connectivity index (χ2n) is 5.27. The minimum Gasteiger partial charge on any atom is -0.443 e. The van der Waals surface area contributed by atoms with Crippen LogP contribution in [-0.4, -0.2) is 11.9 Å². The average molecular weight is 355 g/mol. The van der Waals surface area contributed by atoms with E-state index in [4.69, 9.17) is 10.5 Å². The van der Waals surface area contributed by atoms with Crippen LogP contribution in [0.15, 0.2) is 66.7 Å². The van der Waals surface area contributed by atoms with E-state index in [1.165, 1.54) is 23.5 Å². The third-order valence-electron chi connectivity index (χ3n) is 3.52. The number of thiophene rings is 1. The van der Waals surface area contributed by atoms with Crippen molar-refractivity contribution in [2.24, 2.45) is 5.73 Å². The van der Waals surface area contributed by atoms with Crippen LogP contribution in [0.1, 0.15) is 21.3 Å². The molecule has 3 rings (SSSR count). The van der Waals surface area contributed by atoms with Crippen LogP contribution in [-0.2, 0) is 9.53 Å². The molecule has 25 heavy (non-hydrogen) atoms. The molecule has 2 aromatic carbocycles. The smallest absolute Gasteiger partial charge is 0.349 e. The molecule has 0 spiro atoms. The number of amides is 1. The van der Waals surface area contributed by atoms with Crippen molar-refractivity contribution in [2.45, 2.75) is 6.10 Å². The Hall–Kier alpha value is -2.99. The van der Waals surface area contributed by atoms with Crippen LogP contribution in [0.25, 0.3) is 10.4 Å². The Labute approximate surface area is 147 Å². The van der Waals surface area contributed by atoms with Gasteiger partial charge in [0.15, 0.2) is 0 Å². The molecule has 0 fully saturated rings. The van der Waals surface area contributed by atoms with Crippen molar-refractivity contribution < 1.29 is 18.7 Å². The van der Waals surface area contributed by atoms with Crippen molar-refractivity contribution in [3.63, 3.8) is 0 Å². The summed E-state index contributed by atoms with van der Waals surface area (Å²) >= 11 is 1.20. The van der Waals surface area contributed by atoms with E-state index >= 15 is 0 Å². The lowest BCUT2D eigenvalue weighted by molar-refractivity contribution is -0.127. The third-order valence-corrected chi connectivity index (χ3v) is 4.64. The molecule has 0 bridgehead atoms. The fourth-order valence-electron chi connectivity index (χ4n) is 2.30. The molecule has 4 nitrogen and oxygen atoms in total. The topological polar surface area (TPSA) is 69.4 Å². The van der Waals surface area contributed by atoms with Crippen LogP contribution in [0, 0.1) is 5.82 Å². The summed E-state index contributed by atoms with van der Waals surface area (Å²) in [6, 6.07) is 17.9. The van der Waals surface area contributed by atoms with Gasteiger partial charge in [-0.05, 0) is 29.8 Å². The molecule has 0 aliphatic rings. The van der Waals surface area contributed by atoms with Crippen molar-refractivity contribution in [2.75, 3.05) is 0 Å². The number of hydrogen-bond acceptors (Lipinski definition) is 4. The van der Waals surface area contributed by atoms with Crippen molar-refractivity contribution in [1.82, 2.24) is 0 Å². The quantitative estimate of drug-likeness (QED) is 0.705. The van der Waals surface area contributed by atoms with Crippen molar-refractivity contribution >= 4 is 23.2 Å². The number of primary amides is 1. The first-order chi connectivity index (χ1) is 12.0. The zero-order valence-corrected chi connectivity index (χ0v) is 13.8. The van der Waals surface area contributed by atoms with Crippen LogP contribution in [0.2, 0.25) is 0 Å². The number of esters is 1. The highest BCUT2D eigenvalue weighted by Gasteiger charge is 2.24. The largest absolute Gasteiger partial charge is 0.443 e. The molecular formula is C19H14FNO3S. The molecule has 0 aliphatic carbocycles. The van der Waals surface area contributed by atoms with E-state index in [1.807, 2.05) is 0 Å². The Balaban J connectivity index is 1.79. The molecule has 1 heterocycles. The van der Waals surface area contributed by atoms with Crippen LogP contribution in [0.4, 0.5) is 4.39 Å². The summed E-state index contributed by atoms with van der Waals surface area (Å²) in [5.74, 6) is -1.70.